The van der Waals surface area contributed by atoms with E-state index in [9.17, 15) is 4.79 Å². The molecule has 6 nitrogen and oxygen atoms in total. The van der Waals surface area contributed by atoms with Crippen LogP contribution in [0.1, 0.15) is 31.2 Å². The van der Waals surface area contributed by atoms with Crippen molar-refractivity contribution in [1.82, 2.24) is 4.90 Å². The van der Waals surface area contributed by atoms with Crippen LogP contribution in [-0.4, -0.2) is 62.9 Å². The summed E-state index contributed by atoms with van der Waals surface area (Å²) in [6.07, 6.45) is 4.12. The van der Waals surface area contributed by atoms with Crippen molar-refractivity contribution >= 4 is 11.6 Å². The van der Waals surface area contributed by atoms with E-state index in [-0.39, 0.29) is 23.5 Å². The first-order chi connectivity index (χ1) is 14.2. The van der Waals surface area contributed by atoms with Crippen LogP contribution in [0.4, 0.5) is 5.69 Å². The van der Waals surface area contributed by atoms with E-state index in [2.05, 4.69) is 21.9 Å². The average molecular weight is 396 g/mol. The molecular formula is C23H28N2O4. The standard InChI is InChI=1S/C23H28N2O4/c1-27-16-8-14-15(9-17(16)28-2)25-20(26)10-18-21-13-7-19-23(14,22(21)25)4-5-24(19)11-12(13)3-6-29-18/h8-9,12-13,18-19,21-22H,3-7,10-11H2,1-2H3/t12-,13+,18-,19-,21-,22+,23-/m1/s1. The van der Waals surface area contributed by atoms with Crippen molar-refractivity contribution in [3.05, 3.63) is 17.7 Å². The lowest BCUT2D eigenvalue weighted by Crippen LogP contribution is -2.70. The number of carbonyl (C=O) groups excluding carboxylic acids is 1. The Hall–Kier alpha value is -1.79. The van der Waals surface area contributed by atoms with Crippen LogP contribution in [0.2, 0.25) is 0 Å². The largest absolute Gasteiger partial charge is 0.493 e. The van der Waals surface area contributed by atoms with Gasteiger partial charge in [0, 0.05) is 36.6 Å². The molecule has 0 radical (unpaired) electrons. The van der Waals surface area contributed by atoms with Crippen LogP contribution in [0.3, 0.4) is 0 Å². The summed E-state index contributed by atoms with van der Waals surface area (Å²) in [5.41, 5.74) is 2.37. The summed E-state index contributed by atoms with van der Waals surface area (Å²) >= 11 is 0. The van der Waals surface area contributed by atoms with Crippen molar-refractivity contribution in [2.45, 2.75) is 49.3 Å². The first-order valence-electron chi connectivity index (χ1n) is 11.1. The van der Waals surface area contributed by atoms with Crippen LogP contribution >= 0.6 is 0 Å². The average Bonchev–Trinajstić information content (AvgIpc) is 3.20. The smallest absolute Gasteiger partial charge is 0.229 e. The topological polar surface area (TPSA) is 51.2 Å². The van der Waals surface area contributed by atoms with Gasteiger partial charge in [-0.05, 0) is 49.3 Å². The normalized spacial score (nSPS) is 43.8. The maximum Gasteiger partial charge on any atom is 0.229 e. The fourth-order valence-corrected chi connectivity index (χ4v) is 8.32. The molecule has 1 aromatic rings. The number of anilines is 1. The number of nitrogens with zero attached hydrogens (tertiary/aromatic N) is 2. The van der Waals surface area contributed by atoms with Crippen molar-refractivity contribution in [3.63, 3.8) is 0 Å². The molecule has 5 fully saturated rings. The monoisotopic (exact) mass is 396 g/mol. The number of methoxy groups -OCH3 is 2. The van der Waals surface area contributed by atoms with E-state index in [1.165, 1.54) is 18.5 Å². The van der Waals surface area contributed by atoms with Gasteiger partial charge in [0.2, 0.25) is 5.91 Å². The number of piperidine rings is 2. The minimum absolute atomic E-state index is 0.00303. The lowest BCUT2D eigenvalue weighted by Gasteiger charge is -2.59. The Morgan fingerprint density at radius 1 is 1.21 bits per heavy atom. The van der Waals surface area contributed by atoms with Crippen LogP contribution in [0, 0.1) is 17.8 Å². The van der Waals surface area contributed by atoms with Crippen LogP contribution < -0.4 is 14.4 Å². The molecule has 1 saturated carbocycles. The number of hydrogen-bond donors (Lipinski definition) is 0. The molecule has 0 unspecified atom stereocenters. The van der Waals surface area contributed by atoms with E-state index in [0.717, 1.165) is 37.4 Å². The van der Waals surface area contributed by atoms with Gasteiger partial charge in [-0.2, -0.15) is 0 Å². The highest BCUT2D eigenvalue weighted by atomic mass is 16.5. The van der Waals surface area contributed by atoms with Crippen molar-refractivity contribution in [2.75, 3.05) is 38.8 Å². The van der Waals surface area contributed by atoms with Crippen LogP contribution in [0.15, 0.2) is 12.1 Å². The Morgan fingerprint density at radius 2 is 2.03 bits per heavy atom. The second kappa shape index (κ2) is 5.46. The van der Waals surface area contributed by atoms with Gasteiger partial charge in [0.15, 0.2) is 11.5 Å². The summed E-state index contributed by atoms with van der Waals surface area (Å²) in [5, 5.41) is 0. The molecule has 5 heterocycles. The van der Waals surface area contributed by atoms with Crippen molar-refractivity contribution in [1.29, 1.82) is 0 Å². The van der Waals surface area contributed by atoms with Gasteiger partial charge in [-0.3, -0.25) is 9.69 Å². The number of hydrogen-bond acceptors (Lipinski definition) is 5. The minimum Gasteiger partial charge on any atom is -0.493 e. The SMILES string of the molecule is COc1cc2c(cc1OC)[C@@]13CCN4C[C@H]5CCO[C@@H]6CC(=O)N2[C@H]1[C@@H]6[C@H]5C[C@@H]43. The lowest BCUT2D eigenvalue weighted by molar-refractivity contribution is -0.134. The third-order valence-corrected chi connectivity index (χ3v) is 9.24. The zero-order valence-electron chi connectivity index (χ0n) is 17.1. The van der Waals surface area contributed by atoms with Gasteiger partial charge in [0.25, 0.3) is 0 Å². The molecule has 4 saturated heterocycles. The first-order valence-corrected chi connectivity index (χ1v) is 11.1. The Kier molecular flexibility index (Phi) is 3.19. The third kappa shape index (κ3) is 1.81. The van der Waals surface area contributed by atoms with Crippen LogP contribution in [0.25, 0.3) is 0 Å². The lowest BCUT2D eigenvalue weighted by atomic mass is 9.52. The Balaban J connectivity index is 1.51. The molecule has 1 aromatic carbocycles. The third-order valence-electron chi connectivity index (χ3n) is 9.24. The van der Waals surface area contributed by atoms with E-state index >= 15 is 0 Å². The fraction of sp³-hybridized carbons (Fsp3) is 0.696. The summed E-state index contributed by atoms with van der Waals surface area (Å²) in [4.78, 5) is 18.4. The summed E-state index contributed by atoms with van der Waals surface area (Å²) in [5.74, 6) is 3.54. The van der Waals surface area contributed by atoms with E-state index in [1.54, 1.807) is 14.2 Å². The number of benzene rings is 1. The molecule has 2 bridgehead atoms. The Labute approximate surface area is 171 Å². The number of ether oxygens (including phenoxy) is 3. The van der Waals surface area contributed by atoms with Gasteiger partial charge in [-0.15, -0.1) is 0 Å². The summed E-state index contributed by atoms with van der Waals surface area (Å²) in [6, 6.07) is 4.98. The fourth-order valence-electron chi connectivity index (χ4n) is 8.32. The Bertz CT molecular complexity index is 918. The molecule has 29 heavy (non-hydrogen) atoms. The van der Waals surface area contributed by atoms with Crippen LogP contribution in [0.5, 0.6) is 11.5 Å². The first kappa shape index (κ1) is 16.9. The molecule has 0 N–H and O–H groups in total. The van der Waals surface area contributed by atoms with Crippen molar-refractivity contribution in [3.8, 4) is 11.5 Å². The van der Waals surface area contributed by atoms with E-state index in [0.29, 0.717) is 36.0 Å². The molecule has 7 atom stereocenters. The van der Waals surface area contributed by atoms with Crippen molar-refractivity contribution in [2.24, 2.45) is 17.8 Å². The summed E-state index contributed by atoms with van der Waals surface area (Å²) in [7, 11) is 3.38. The van der Waals surface area contributed by atoms with Gasteiger partial charge in [0.05, 0.1) is 38.5 Å². The minimum atomic E-state index is 0.00303. The van der Waals surface area contributed by atoms with Crippen molar-refractivity contribution < 1.29 is 19.0 Å². The zero-order valence-corrected chi connectivity index (χ0v) is 17.1. The summed E-state index contributed by atoms with van der Waals surface area (Å²) in [6.45, 7) is 3.15. The van der Waals surface area contributed by atoms with Gasteiger partial charge in [0.1, 0.15) is 0 Å². The molecule has 1 aliphatic carbocycles. The number of carbonyl (C=O) groups is 1. The molecular weight excluding hydrogens is 368 g/mol. The van der Waals surface area contributed by atoms with E-state index < -0.39 is 0 Å². The molecule has 5 aliphatic heterocycles. The predicted octanol–water partition coefficient (Wildman–Crippen LogP) is 2.19. The molecule has 7 rings (SSSR count). The molecule has 6 aliphatic rings. The number of rotatable bonds is 2. The van der Waals surface area contributed by atoms with E-state index in [4.69, 9.17) is 14.2 Å². The van der Waals surface area contributed by atoms with Gasteiger partial charge < -0.3 is 19.1 Å². The molecule has 154 valence electrons. The predicted molar refractivity (Wildman–Crippen MR) is 107 cm³/mol. The second-order valence-electron chi connectivity index (χ2n) is 9.87. The molecule has 1 amide bonds. The highest BCUT2D eigenvalue weighted by Crippen LogP contribution is 2.67. The highest BCUT2D eigenvalue weighted by Gasteiger charge is 2.71. The second-order valence-corrected chi connectivity index (χ2v) is 9.87. The zero-order chi connectivity index (χ0) is 19.5. The van der Waals surface area contributed by atoms with Crippen LogP contribution in [-0.2, 0) is 14.9 Å². The van der Waals surface area contributed by atoms with Gasteiger partial charge >= 0.3 is 0 Å². The quantitative estimate of drug-likeness (QED) is 0.767. The Morgan fingerprint density at radius 3 is 2.86 bits per heavy atom. The van der Waals surface area contributed by atoms with E-state index in [1.807, 2.05) is 0 Å². The molecule has 6 heteroatoms. The molecule has 0 aromatic heterocycles. The van der Waals surface area contributed by atoms with Gasteiger partial charge in [-0.25, -0.2) is 0 Å². The highest BCUT2D eigenvalue weighted by molar-refractivity contribution is 5.99. The number of fused-ring (bicyclic) bond motifs is 2. The maximum atomic E-state index is 13.5. The maximum absolute atomic E-state index is 13.5. The summed E-state index contributed by atoms with van der Waals surface area (Å²) < 4.78 is 17.7. The molecule has 1 spiro atoms. The van der Waals surface area contributed by atoms with Gasteiger partial charge in [-0.1, -0.05) is 0 Å². The number of amides is 1.